The Morgan fingerprint density at radius 1 is 0.390 bits per heavy atom. The Kier molecular flexibility index (Phi) is 5.49. The van der Waals surface area contributed by atoms with Crippen molar-refractivity contribution in [1.29, 1.82) is 0 Å². The van der Waals surface area contributed by atoms with Gasteiger partial charge in [-0.1, -0.05) is 115 Å². The van der Waals surface area contributed by atoms with Gasteiger partial charge in [-0.2, -0.15) is 0 Å². The maximum atomic E-state index is 6.47. The molecule has 0 unspecified atom stereocenters. The second-order valence-electron chi connectivity index (χ2n) is 10.4. The fourth-order valence-corrected chi connectivity index (χ4v) is 5.81. The molecule has 0 atom stereocenters. The molecule has 6 aromatic carbocycles. The first-order valence-electron chi connectivity index (χ1n) is 13.9. The van der Waals surface area contributed by atoms with E-state index in [9.17, 15) is 0 Å². The molecule has 0 aliphatic carbocycles. The number of hydrogen-bond acceptors (Lipinski definition) is 2. The third kappa shape index (κ3) is 4.18. The van der Waals surface area contributed by atoms with Gasteiger partial charge in [0.2, 0.25) is 0 Å². The molecule has 41 heavy (non-hydrogen) atoms. The molecule has 0 spiro atoms. The van der Waals surface area contributed by atoms with Crippen LogP contribution in [0.4, 0.5) is 0 Å². The largest absolute Gasteiger partial charge is 0.456 e. The third-order valence-corrected chi connectivity index (χ3v) is 7.84. The molecule has 0 saturated carbocycles. The van der Waals surface area contributed by atoms with Gasteiger partial charge in [0.1, 0.15) is 11.2 Å². The summed E-state index contributed by atoms with van der Waals surface area (Å²) < 4.78 is 6.47. The molecule has 0 saturated heterocycles. The highest BCUT2D eigenvalue weighted by Crippen LogP contribution is 2.41. The van der Waals surface area contributed by atoms with Gasteiger partial charge in [0.05, 0.1) is 11.4 Å². The van der Waals surface area contributed by atoms with Crippen LogP contribution in [-0.4, -0.2) is 4.98 Å². The van der Waals surface area contributed by atoms with Gasteiger partial charge in [-0.25, -0.2) is 4.98 Å². The highest BCUT2D eigenvalue weighted by Gasteiger charge is 2.18. The Bertz CT molecular complexity index is 2140. The number of aromatic nitrogens is 1. The Labute approximate surface area is 238 Å². The van der Waals surface area contributed by atoms with E-state index in [1.807, 2.05) is 18.2 Å². The van der Waals surface area contributed by atoms with Gasteiger partial charge in [0.25, 0.3) is 0 Å². The zero-order valence-corrected chi connectivity index (χ0v) is 22.3. The van der Waals surface area contributed by atoms with Crippen LogP contribution in [0.1, 0.15) is 0 Å². The van der Waals surface area contributed by atoms with Crippen molar-refractivity contribution in [2.75, 3.05) is 0 Å². The lowest BCUT2D eigenvalue weighted by Gasteiger charge is -2.13. The van der Waals surface area contributed by atoms with E-state index < -0.39 is 0 Å². The van der Waals surface area contributed by atoms with E-state index in [2.05, 4.69) is 133 Å². The summed E-state index contributed by atoms with van der Waals surface area (Å²) in [5.41, 5.74) is 10.3. The molecular formula is C39H25NO. The van der Waals surface area contributed by atoms with Crippen molar-refractivity contribution in [2.24, 2.45) is 0 Å². The average Bonchev–Trinajstić information content (AvgIpc) is 3.43. The molecule has 2 nitrogen and oxygen atoms in total. The van der Waals surface area contributed by atoms with Crippen LogP contribution < -0.4 is 0 Å². The van der Waals surface area contributed by atoms with Gasteiger partial charge in [0, 0.05) is 21.9 Å². The lowest BCUT2D eigenvalue weighted by Crippen LogP contribution is -1.92. The van der Waals surface area contributed by atoms with Crippen molar-refractivity contribution in [3.63, 3.8) is 0 Å². The van der Waals surface area contributed by atoms with E-state index in [-0.39, 0.29) is 0 Å². The van der Waals surface area contributed by atoms with Gasteiger partial charge in [-0.3, -0.25) is 0 Å². The zero-order valence-electron chi connectivity index (χ0n) is 22.3. The summed E-state index contributed by atoms with van der Waals surface area (Å²) in [6.07, 6.45) is 0. The monoisotopic (exact) mass is 523 g/mol. The number of hydrogen-bond donors (Lipinski definition) is 0. The quantitative estimate of drug-likeness (QED) is 0.229. The van der Waals surface area contributed by atoms with Gasteiger partial charge in [0.15, 0.2) is 0 Å². The van der Waals surface area contributed by atoms with Crippen LogP contribution in [0.3, 0.4) is 0 Å². The molecular weight excluding hydrogens is 498 g/mol. The van der Waals surface area contributed by atoms with Crippen molar-refractivity contribution in [1.82, 2.24) is 4.98 Å². The summed E-state index contributed by atoms with van der Waals surface area (Å²) in [6, 6.07) is 53.2. The summed E-state index contributed by atoms with van der Waals surface area (Å²) >= 11 is 0. The summed E-state index contributed by atoms with van der Waals surface area (Å²) in [4.78, 5) is 5.28. The summed E-state index contributed by atoms with van der Waals surface area (Å²) in [5.74, 6) is 0. The van der Waals surface area contributed by atoms with Crippen LogP contribution in [-0.2, 0) is 0 Å². The van der Waals surface area contributed by atoms with Gasteiger partial charge >= 0.3 is 0 Å². The van der Waals surface area contributed by atoms with E-state index in [1.54, 1.807) is 0 Å². The standard InChI is InChI=1S/C39H25NO/c1-3-11-26(12-4-1)32-23-35(28-14-5-2-6-15-28)40-36(24-32)34-22-31(30-20-19-27-13-7-8-16-29(27)21-30)25-38-39(34)33-17-9-10-18-37(33)41-38/h1-25H. The minimum absolute atomic E-state index is 0.861. The first-order chi connectivity index (χ1) is 20.3. The Morgan fingerprint density at radius 2 is 1.05 bits per heavy atom. The molecule has 0 N–H and O–H groups in total. The molecule has 2 aromatic heterocycles. The predicted octanol–water partition coefficient (Wildman–Crippen LogP) is 10.8. The van der Waals surface area contributed by atoms with Gasteiger partial charge in [-0.15, -0.1) is 0 Å². The number of furan rings is 1. The third-order valence-electron chi connectivity index (χ3n) is 7.84. The minimum Gasteiger partial charge on any atom is -0.456 e. The highest BCUT2D eigenvalue weighted by molar-refractivity contribution is 6.13. The number of benzene rings is 6. The van der Waals surface area contributed by atoms with Crippen LogP contribution in [0.15, 0.2) is 156 Å². The van der Waals surface area contributed by atoms with Crippen molar-refractivity contribution >= 4 is 32.7 Å². The fourth-order valence-electron chi connectivity index (χ4n) is 5.81. The summed E-state index contributed by atoms with van der Waals surface area (Å²) in [5, 5.41) is 4.62. The van der Waals surface area contributed by atoms with E-state index in [1.165, 1.54) is 10.8 Å². The Hall–Kier alpha value is -5.47. The van der Waals surface area contributed by atoms with Crippen LogP contribution in [0.25, 0.3) is 77.5 Å². The smallest absolute Gasteiger partial charge is 0.136 e. The molecule has 0 bridgehead atoms. The van der Waals surface area contributed by atoms with E-state index in [0.717, 1.165) is 66.7 Å². The Balaban J connectivity index is 1.43. The number of para-hydroxylation sites is 1. The predicted molar refractivity (Wildman–Crippen MR) is 171 cm³/mol. The maximum absolute atomic E-state index is 6.47. The second kappa shape index (κ2) is 9.62. The van der Waals surface area contributed by atoms with E-state index >= 15 is 0 Å². The van der Waals surface area contributed by atoms with Crippen LogP contribution in [0.2, 0.25) is 0 Å². The van der Waals surface area contributed by atoms with Gasteiger partial charge in [-0.05, 0) is 69.4 Å². The molecule has 8 rings (SSSR count). The average molecular weight is 524 g/mol. The number of nitrogens with zero attached hydrogens (tertiary/aromatic N) is 1. The first-order valence-corrected chi connectivity index (χ1v) is 13.9. The number of fused-ring (bicyclic) bond motifs is 4. The molecule has 0 radical (unpaired) electrons. The molecule has 8 aromatic rings. The molecule has 0 fully saturated rings. The van der Waals surface area contributed by atoms with Crippen molar-refractivity contribution in [2.45, 2.75) is 0 Å². The molecule has 0 aliphatic rings. The first kappa shape index (κ1) is 23.4. The normalized spacial score (nSPS) is 11.4. The van der Waals surface area contributed by atoms with Crippen LogP contribution in [0.5, 0.6) is 0 Å². The Morgan fingerprint density at radius 3 is 1.88 bits per heavy atom. The highest BCUT2D eigenvalue weighted by atomic mass is 16.3. The zero-order chi connectivity index (χ0) is 27.2. The molecule has 0 aliphatic heterocycles. The van der Waals surface area contributed by atoms with Gasteiger partial charge < -0.3 is 4.42 Å². The summed E-state index contributed by atoms with van der Waals surface area (Å²) in [7, 11) is 0. The van der Waals surface area contributed by atoms with Crippen molar-refractivity contribution in [3.05, 3.63) is 152 Å². The maximum Gasteiger partial charge on any atom is 0.136 e. The topological polar surface area (TPSA) is 26.0 Å². The SMILES string of the molecule is c1ccc(-c2cc(-c3ccccc3)nc(-c3cc(-c4ccc5ccccc5c4)cc4oc5ccccc5c34)c2)cc1. The second-order valence-corrected chi connectivity index (χ2v) is 10.4. The molecule has 0 amide bonds. The van der Waals surface area contributed by atoms with Crippen molar-refractivity contribution < 1.29 is 4.42 Å². The van der Waals surface area contributed by atoms with E-state index in [4.69, 9.17) is 9.40 Å². The van der Waals surface area contributed by atoms with Crippen LogP contribution >= 0.6 is 0 Å². The summed E-state index contributed by atoms with van der Waals surface area (Å²) in [6.45, 7) is 0. The lowest BCUT2D eigenvalue weighted by atomic mass is 9.94. The molecule has 2 heterocycles. The number of pyridine rings is 1. The van der Waals surface area contributed by atoms with Crippen molar-refractivity contribution in [3.8, 4) is 44.8 Å². The molecule has 192 valence electrons. The fraction of sp³-hybridized carbons (Fsp3) is 0. The number of rotatable bonds is 4. The van der Waals surface area contributed by atoms with Crippen LogP contribution in [0, 0.1) is 0 Å². The van der Waals surface area contributed by atoms with E-state index in [0.29, 0.717) is 0 Å². The molecule has 2 heteroatoms. The lowest BCUT2D eigenvalue weighted by molar-refractivity contribution is 0.669. The minimum atomic E-state index is 0.861.